The standard InChI is InChI=1S/C38H45ClN8O5.C25H28ClN3O3.C13H17N5O3.CH4/c1-37(2)35(38(3,4)36(37)52-28-11-9-24(21-40)29(39)20-28)44-33(50)25-8-10-26(41-22-25)7-5-6-14-45-15-17-46(18-16-45)27-19-32(49)47(42-23-27)30-12-13-31(48)43-34(30)51;1-24(2)22(29-21(31)17-8-10-18(28-15-17)7-5-6-12-30)25(3,4)23(24)32-19-11-9-16(14-27)20(26)13-19;19-11-2-1-10(13(21)16-11)18-12(20)7-9(8-15-18)17-5-3-14-4-6-17;/h8-11,19-20,22-23,30,35-36H,5-7,12-18H2,1-4H3,(H,44,50)(H,43,48,51);8-13,15,22-23H,5-7H2,1-4H3,(H,29,31);7-8,10,14H,1-6H2,(H,16,19,21);1H4. The highest BCUT2D eigenvalue weighted by Crippen LogP contribution is 2.57. The fourth-order valence-electron chi connectivity index (χ4n) is 15.7. The van der Waals surface area contributed by atoms with E-state index in [0.717, 1.165) is 118 Å². The molecule has 29 heteroatoms. The molecule has 4 aliphatic heterocycles. The van der Waals surface area contributed by atoms with Crippen molar-refractivity contribution in [1.82, 2.24) is 61.0 Å². The van der Waals surface area contributed by atoms with Gasteiger partial charge in [-0.05, 0) is 100 Å². The van der Waals surface area contributed by atoms with Gasteiger partial charge in [-0.1, -0.05) is 86.0 Å². The number of ether oxygens (including phenoxy) is 2. The highest BCUT2D eigenvalue weighted by molar-refractivity contribution is 6.32. The van der Waals surface area contributed by atoms with Crippen molar-refractivity contribution in [1.29, 1.82) is 10.5 Å². The Hall–Kier alpha value is -9.93. The Bertz CT molecular complexity index is 4390. The molecular weight excluding hydrogens is 1400 g/mol. The minimum atomic E-state index is -0.764. The predicted octanol–water partition coefficient (Wildman–Crippen LogP) is 7.90. The van der Waals surface area contributed by atoms with Gasteiger partial charge in [0, 0.05) is 153 Å². The molecule has 5 N–H and O–H groups in total. The number of piperidine rings is 2. The number of anilines is 2. The lowest BCUT2D eigenvalue weighted by molar-refractivity contribution is -0.164. The maximum Gasteiger partial charge on any atom is 0.269 e. The lowest BCUT2D eigenvalue weighted by atomic mass is 9.49. The minimum absolute atomic E-state index is 0. The van der Waals surface area contributed by atoms with Gasteiger partial charge >= 0.3 is 0 Å². The number of amides is 6. The number of halogens is 2. The number of rotatable bonds is 21. The normalized spacial score (nSPS) is 21.8. The van der Waals surface area contributed by atoms with Crippen molar-refractivity contribution in [2.24, 2.45) is 21.7 Å². The zero-order valence-corrected chi connectivity index (χ0v) is 61.9. The number of aryl methyl sites for hydroxylation is 2. The van der Waals surface area contributed by atoms with Gasteiger partial charge in [-0.25, -0.2) is 9.36 Å². The molecule has 0 spiro atoms. The van der Waals surface area contributed by atoms with Crippen LogP contribution in [0.1, 0.15) is 169 Å². The zero-order valence-electron chi connectivity index (χ0n) is 60.4. The molecule has 562 valence electrons. The number of aromatic nitrogens is 6. The molecule has 4 saturated heterocycles. The minimum Gasteiger partial charge on any atom is -0.489 e. The van der Waals surface area contributed by atoms with Crippen LogP contribution in [0.15, 0.2) is 107 Å². The summed E-state index contributed by atoms with van der Waals surface area (Å²) in [4.78, 5) is 124. The summed E-state index contributed by atoms with van der Waals surface area (Å²) in [6.45, 7) is 24.2. The summed E-state index contributed by atoms with van der Waals surface area (Å²) in [5.74, 6) is -0.747. The SMILES string of the molecule is C.CC1(C)C(NC(=O)c2ccc(CCCC=O)nc2)C(C)(C)C1Oc1ccc(C#N)c(Cl)c1.CC1(C)C(NC(=O)c2ccc(CCCCN3CCN(c4cnn(C5CCC(=O)NC5=O)c(=O)c4)CC3)nc2)C(C)(C)C1Oc1ccc(C#N)c(Cl)c1.O=C1CCC(n2ncc(N3CCNCC3)cc2=O)C(=O)N1. The third-order valence-corrected chi connectivity index (χ3v) is 21.4. The topological polar surface area (TPSA) is 351 Å². The first kappa shape index (κ1) is 80.2. The highest BCUT2D eigenvalue weighted by Gasteiger charge is 2.65. The zero-order chi connectivity index (χ0) is 75.5. The number of imide groups is 2. The molecule has 6 amide bonds. The average Bonchev–Trinajstić information content (AvgIpc) is 0.713. The Morgan fingerprint density at radius 3 is 1.38 bits per heavy atom. The third kappa shape index (κ3) is 18.5. The van der Waals surface area contributed by atoms with Crippen LogP contribution in [0.3, 0.4) is 0 Å². The van der Waals surface area contributed by atoms with Gasteiger partial charge in [-0.3, -0.25) is 63.9 Å². The smallest absolute Gasteiger partial charge is 0.269 e. The monoisotopic (exact) mass is 1490 g/mol. The molecule has 6 aliphatic rings. The quantitative estimate of drug-likeness (QED) is 0.0259. The second-order valence-corrected chi connectivity index (χ2v) is 30.5. The lowest BCUT2D eigenvalue weighted by Crippen LogP contribution is -2.74. The van der Waals surface area contributed by atoms with Crippen LogP contribution in [-0.2, 0) is 36.8 Å². The van der Waals surface area contributed by atoms with Crippen LogP contribution in [-0.4, -0.2) is 159 Å². The molecular formula is C77H94Cl2N16O11. The van der Waals surface area contributed by atoms with Crippen molar-refractivity contribution < 1.29 is 43.0 Å². The number of nitrogens with zero attached hydrogens (tertiary/aromatic N) is 11. The van der Waals surface area contributed by atoms with Crippen LogP contribution < -0.4 is 57.0 Å². The van der Waals surface area contributed by atoms with Crippen molar-refractivity contribution >= 4 is 76.3 Å². The molecule has 0 bridgehead atoms. The fourth-order valence-corrected chi connectivity index (χ4v) is 16.1. The number of nitrogens with one attached hydrogen (secondary N) is 5. The first-order chi connectivity index (χ1) is 50.0. The van der Waals surface area contributed by atoms with Crippen LogP contribution in [0, 0.1) is 44.3 Å². The van der Waals surface area contributed by atoms with Crippen molar-refractivity contribution in [3.63, 3.8) is 0 Å². The van der Waals surface area contributed by atoms with E-state index in [1.54, 1.807) is 67.3 Å². The van der Waals surface area contributed by atoms with Crippen LogP contribution in [0.5, 0.6) is 11.5 Å². The van der Waals surface area contributed by atoms with Crippen LogP contribution in [0.4, 0.5) is 11.4 Å². The molecule has 6 aromatic rings. The Labute approximate surface area is 627 Å². The largest absolute Gasteiger partial charge is 0.489 e. The van der Waals surface area contributed by atoms with Crippen LogP contribution in [0.25, 0.3) is 0 Å². The van der Waals surface area contributed by atoms with Crippen molar-refractivity contribution in [2.45, 2.75) is 163 Å². The van der Waals surface area contributed by atoms with Crippen LogP contribution in [0.2, 0.25) is 10.0 Å². The third-order valence-electron chi connectivity index (χ3n) is 20.8. The highest BCUT2D eigenvalue weighted by atomic mass is 35.5. The van der Waals surface area contributed by atoms with Gasteiger partial charge in [-0.15, -0.1) is 0 Å². The van der Waals surface area contributed by atoms with Gasteiger partial charge in [0.15, 0.2) is 0 Å². The Morgan fingerprint density at radius 2 is 1.00 bits per heavy atom. The number of benzene rings is 2. The molecule has 2 aromatic carbocycles. The van der Waals surface area contributed by atoms with E-state index in [0.29, 0.717) is 63.1 Å². The first-order valence-electron chi connectivity index (χ1n) is 35.5. The molecule has 27 nitrogen and oxygen atoms in total. The molecule has 106 heavy (non-hydrogen) atoms. The maximum atomic E-state index is 13.3. The molecule has 2 aliphatic carbocycles. The number of hydrogen-bond donors (Lipinski definition) is 5. The van der Waals surface area contributed by atoms with Gasteiger partial charge in [-0.2, -0.15) is 20.7 Å². The molecule has 12 rings (SSSR count). The van der Waals surface area contributed by atoms with E-state index in [1.165, 1.54) is 16.8 Å². The van der Waals surface area contributed by atoms with E-state index in [2.05, 4.69) is 123 Å². The number of hydrogen-bond acceptors (Lipinski definition) is 21. The maximum absolute atomic E-state index is 13.3. The molecule has 2 unspecified atom stereocenters. The van der Waals surface area contributed by atoms with Gasteiger partial charge in [0.1, 0.15) is 54.2 Å². The predicted molar refractivity (Wildman–Crippen MR) is 400 cm³/mol. The first-order valence-corrected chi connectivity index (χ1v) is 36.3. The van der Waals surface area contributed by atoms with E-state index in [4.69, 9.17) is 37.9 Å². The number of nitriles is 2. The number of aldehydes is 1. The Morgan fingerprint density at radius 1 is 0.575 bits per heavy atom. The summed E-state index contributed by atoms with van der Waals surface area (Å²) >= 11 is 12.4. The molecule has 2 saturated carbocycles. The lowest BCUT2D eigenvalue weighted by Gasteiger charge is -2.63. The van der Waals surface area contributed by atoms with Crippen molar-refractivity contribution in [3.05, 3.63) is 162 Å². The molecule has 8 heterocycles. The average molecular weight is 1490 g/mol. The Kier molecular flexibility index (Phi) is 26.1. The van der Waals surface area contributed by atoms with E-state index >= 15 is 0 Å². The van der Waals surface area contributed by atoms with Gasteiger partial charge in [0.25, 0.3) is 34.7 Å². The summed E-state index contributed by atoms with van der Waals surface area (Å²) in [5, 5.41) is 41.4. The van der Waals surface area contributed by atoms with Gasteiger partial charge in [0.05, 0.1) is 56.1 Å². The summed E-state index contributed by atoms with van der Waals surface area (Å²) in [5.41, 5.74) is 3.07. The van der Waals surface area contributed by atoms with E-state index in [1.807, 2.05) is 24.3 Å². The molecule has 6 fully saturated rings. The van der Waals surface area contributed by atoms with E-state index in [9.17, 15) is 48.4 Å². The second kappa shape index (κ2) is 34.5. The number of pyridine rings is 2. The number of carbonyl (C=O) groups excluding carboxylic acids is 7. The Balaban J connectivity index is 0.000000204. The number of unbranched alkanes of at least 4 members (excludes halogenated alkanes) is 2. The van der Waals surface area contributed by atoms with E-state index in [-0.39, 0.29) is 107 Å². The van der Waals surface area contributed by atoms with Crippen molar-refractivity contribution in [2.75, 3.05) is 68.7 Å². The molecule has 0 radical (unpaired) electrons. The van der Waals surface area contributed by atoms with Gasteiger partial charge < -0.3 is 40.0 Å². The molecule has 4 aromatic heterocycles. The number of piperazine rings is 2. The van der Waals surface area contributed by atoms with Gasteiger partial charge in [0.2, 0.25) is 11.8 Å². The van der Waals surface area contributed by atoms with Crippen LogP contribution >= 0.6 is 23.2 Å². The second-order valence-electron chi connectivity index (χ2n) is 29.7. The number of carbonyl (C=O) groups is 7. The molecule has 2 atom stereocenters. The summed E-state index contributed by atoms with van der Waals surface area (Å²) < 4.78 is 14.9. The summed E-state index contributed by atoms with van der Waals surface area (Å²) in [7, 11) is 0. The summed E-state index contributed by atoms with van der Waals surface area (Å²) in [6, 6.07) is 22.8. The van der Waals surface area contributed by atoms with E-state index < -0.39 is 23.9 Å². The summed E-state index contributed by atoms with van der Waals surface area (Å²) in [6.07, 6.45) is 12.8. The van der Waals surface area contributed by atoms with Crippen molar-refractivity contribution in [3.8, 4) is 23.6 Å². The fraction of sp³-hybridized carbons (Fsp3) is 0.494.